The maximum absolute atomic E-state index is 11.5. The number of amides is 1. The number of tetrazole rings is 1. The van der Waals surface area contributed by atoms with Crippen LogP contribution in [-0.4, -0.2) is 45.8 Å². The zero-order valence-electron chi connectivity index (χ0n) is 8.27. The van der Waals surface area contributed by atoms with Crippen LogP contribution in [0.1, 0.15) is 18.7 Å². The van der Waals surface area contributed by atoms with Gasteiger partial charge in [-0.05, 0) is 12.8 Å². The van der Waals surface area contributed by atoms with Gasteiger partial charge in [-0.3, -0.25) is 4.79 Å². The summed E-state index contributed by atoms with van der Waals surface area (Å²) in [6.07, 6.45) is 2.08. The van der Waals surface area contributed by atoms with E-state index in [0.717, 1.165) is 12.8 Å². The predicted octanol–water partition coefficient (Wildman–Crippen LogP) is -0.963. The smallest absolute Gasteiger partial charge is 0.249 e. The van der Waals surface area contributed by atoms with Crippen LogP contribution in [0.15, 0.2) is 0 Å². The van der Waals surface area contributed by atoms with Gasteiger partial charge >= 0.3 is 0 Å². The molecule has 1 aromatic rings. The van der Waals surface area contributed by atoms with E-state index in [1.807, 2.05) is 0 Å². The zero-order valence-corrected chi connectivity index (χ0v) is 8.27. The van der Waals surface area contributed by atoms with Crippen molar-refractivity contribution >= 4 is 5.91 Å². The summed E-state index contributed by atoms with van der Waals surface area (Å²) in [5, 5.41) is 16.1. The lowest BCUT2D eigenvalue weighted by atomic mass is 10.2. The van der Waals surface area contributed by atoms with E-state index < -0.39 is 0 Å². The van der Waals surface area contributed by atoms with Gasteiger partial charge in [-0.1, -0.05) is 5.21 Å². The molecule has 2 heterocycles. The first-order chi connectivity index (χ1) is 7.36. The van der Waals surface area contributed by atoms with Crippen LogP contribution in [0.2, 0.25) is 0 Å². The topological polar surface area (TPSA) is 92.8 Å². The number of ether oxygens (including phenoxy) is 1. The number of nitrogens with one attached hydrogen (secondary N) is 2. The molecular weight excluding hydrogens is 198 g/mol. The molecule has 7 heteroatoms. The first kappa shape index (κ1) is 10.0. The minimum absolute atomic E-state index is 0.0454. The maximum Gasteiger partial charge on any atom is 0.249 e. The Balaban J connectivity index is 1.67. The third kappa shape index (κ3) is 2.72. The first-order valence-electron chi connectivity index (χ1n) is 4.98. The summed E-state index contributed by atoms with van der Waals surface area (Å²) >= 11 is 0. The zero-order chi connectivity index (χ0) is 10.5. The van der Waals surface area contributed by atoms with Gasteiger partial charge in [0.2, 0.25) is 5.91 Å². The van der Waals surface area contributed by atoms with Gasteiger partial charge in [0.15, 0.2) is 5.82 Å². The van der Waals surface area contributed by atoms with Gasteiger partial charge in [-0.25, -0.2) is 0 Å². The predicted molar refractivity (Wildman–Crippen MR) is 49.9 cm³/mol. The van der Waals surface area contributed by atoms with E-state index in [1.54, 1.807) is 0 Å². The standard InChI is InChI=1S/C8H13N5O2/c14-8(6-2-1-5-15-6)9-4-3-7-10-12-13-11-7/h6H,1-5H2,(H,9,14)(H,10,11,12,13). The van der Waals surface area contributed by atoms with E-state index in [0.29, 0.717) is 25.4 Å². The molecular formula is C8H13N5O2. The second-order valence-electron chi connectivity index (χ2n) is 3.37. The highest BCUT2D eigenvalue weighted by Crippen LogP contribution is 2.11. The second kappa shape index (κ2) is 4.83. The van der Waals surface area contributed by atoms with Crippen LogP contribution >= 0.6 is 0 Å². The molecule has 0 spiro atoms. The van der Waals surface area contributed by atoms with Crippen molar-refractivity contribution in [1.82, 2.24) is 25.9 Å². The summed E-state index contributed by atoms with van der Waals surface area (Å²) in [5.41, 5.74) is 0. The van der Waals surface area contributed by atoms with Crippen molar-refractivity contribution in [2.24, 2.45) is 0 Å². The average molecular weight is 211 g/mol. The van der Waals surface area contributed by atoms with Gasteiger partial charge in [-0.15, -0.1) is 10.2 Å². The SMILES string of the molecule is O=C(NCCc1nn[nH]n1)C1CCCO1. The van der Waals surface area contributed by atoms with E-state index in [4.69, 9.17) is 4.74 Å². The molecule has 2 rings (SSSR count). The molecule has 0 radical (unpaired) electrons. The van der Waals surface area contributed by atoms with Crippen LogP contribution in [0.3, 0.4) is 0 Å². The van der Waals surface area contributed by atoms with Crippen molar-refractivity contribution in [3.8, 4) is 0 Å². The number of aromatic amines is 1. The van der Waals surface area contributed by atoms with Crippen LogP contribution in [0.4, 0.5) is 0 Å². The van der Waals surface area contributed by atoms with Gasteiger partial charge in [-0.2, -0.15) is 5.21 Å². The molecule has 0 aliphatic carbocycles. The summed E-state index contributed by atoms with van der Waals surface area (Å²) in [7, 11) is 0. The third-order valence-corrected chi connectivity index (χ3v) is 2.26. The number of hydrogen-bond donors (Lipinski definition) is 2. The van der Waals surface area contributed by atoms with Gasteiger partial charge in [0.05, 0.1) is 0 Å². The van der Waals surface area contributed by atoms with Crippen LogP contribution in [0.5, 0.6) is 0 Å². The lowest BCUT2D eigenvalue weighted by Gasteiger charge is -2.08. The Morgan fingerprint density at radius 3 is 3.27 bits per heavy atom. The molecule has 0 bridgehead atoms. The van der Waals surface area contributed by atoms with Crippen molar-refractivity contribution in [2.75, 3.05) is 13.2 Å². The number of carbonyl (C=O) groups is 1. The molecule has 0 saturated carbocycles. The second-order valence-corrected chi connectivity index (χ2v) is 3.37. The van der Waals surface area contributed by atoms with Gasteiger partial charge in [0, 0.05) is 19.6 Å². The van der Waals surface area contributed by atoms with Crippen molar-refractivity contribution in [3.05, 3.63) is 5.82 Å². The Bertz CT molecular complexity index is 307. The van der Waals surface area contributed by atoms with Crippen LogP contribution in [0.25, 0.3) is 0 Å². The number of H-pyrrole nitrogens is 1. The fraction of sp³-hybridized carbons (Fsp3) is 0.750. The number of carbonyl (C=O) groups excluding carboxylic acids is 1. The molecule has 1 atom stereocenters. The number of hydrogen-bond acceptors (Lipinski definition) is 5. The quantitative estimate of drug-likeness (QED) is 0.669. The average Bonchev–Trinajstić information content (AvgIpc) is 2.90. The Morgan fingerprint density at radius 1 is 1.67 bits per heavy atom. The highest BCUT2D eigenvalue weighted by molar-refractivity contribution is 5.80. The minimum Gasteiger partial charge on any atom is -0.368 e. The molecule has 7 nitrogen and oxygen atoms in total. The van der Waals surface area contributed by atoms with Crippen molar-refractivity contribution < 1.29 is 9.53 Å². The number of aromatic nitrogens is 4. The Labute approximate surface area is 86.6 Å². The van der Waals surface area contributed by atoms with E-state index in [2.05, 4.69) is 25.9 Å². The molecule has 1 aliphatic rings. The molecule has 1 amide bonds. The van der Waals surface area contributed by atoms with E-state index in [-0.39, 0.29) is 12.0 Å². The third-order valence-electron chi connectivity index (χ3n) is 2.26. The summed E-state index contributed by atoms with van der Waals surface area (Å²) in [6, 6.07) is 0. The summed E-state index contributed by atoms with van der Waals surface area (Å²) in [4.78, 5) is 11.5. The number of rotatable bonds is 4. The Hall–Kier alpha value is -1.50. The summed E-state index contributed by atoms with van der Waals surface area (Å²) in [6.45, 7) is 1.20. The Kier molecular flexibility index (Phi) is 3.23. The van der Waals surface area contributed by atoms with E-state index in [9.17, 15) is 4.79 Å². The largest absolute Gasteiger partial charge is 0.368 e. The molecule has 1 saturated heterocycles. The molecule has 82 valence electrons. The molecule has 2 N–H and O–H groups in total. The lowest BCUT2D eigenvalue weighted by Crippen LogP contribution is -2.35. The molecule has 1 aliphatic heterocycles. The summed E-state index contributed by atoms with van der Waals surface area (Å²) in [5.74, 6) is 0.554. The highest BCUT2D eigenvalue weighted by Gasteiger charge is 2.22. The molecule has 0 aromatic carbocycles. The van der Waals surface area contributed by atoms with Crippen LogP contribution < -0.4 is 5.32 Å². The maximum atomic E-state index is 11.5. The first-order valence-corrected chi connectivity index (χ1v) is 4.98. The van der Waals surface area contributed by atoms with Gasteiger partial charge in [0.25, 0.3) is 0 Å². The number of nitrogens with zero attached hydrogens (tertiary/aromatic N) is 3. The van der Waals surface area contributed by atoms with E-state index in [1.165, 1.54) is 0 Å². The lowest BCUT2D eigenvalue weighted by molar-refractivity contribution is -0.129. The van der Waals surface area contributed by atoms with E-state index >= 15 is 0 Å². The summed E-state index contributed by atoms with van der Waals surface area (Å²) < 4.78 is 5.24. The fourth-order valence-electron chi connectivity index (χ4n) is 1.48. The normalized spacial score (nSPS) is 20.4. The van der Waals surface area contributed by atoms with Crippen molar-refractivity contribution in [2.45, 2.75) is 25.4 Å². The van der Waals surface area contributed by atoms with Crippen molar-refractivity contribution in [1.29, 1.82) is 0 Å². The van der Waals surface area contributed by atoms with Crippen molar-refractivity contribution in [3.63, 3.8) is 0 Å². The Morgan fingerprint density at radius 2 is 2.60 bits per heavy atom. The molecule has 1 aromatic heterocycles. The fourth-order valence-corrected chi connectivity index (χ4v) is 1.48. The van der Waals surface area contributed by atoms with Crippen LogP contribution in [-0.2, 0) is 16.0 Å². The molecule has 1 unspecified atom stereocenters. The monoisotopic (exact) mass is 211 g/mol. The van der Waals surface area contributed by atoms with Crippen LogP contribution in [0, 0.1) is 0 Å². The van der Waals surface area contributed by atoms with Gasteiger partial charge < -0.3 is 10.1 Å². The molecule has 15 heavy (non-hydrogen) atoms. The highest BCUT2D eigenvalue weighted by atomic mass is 16.5. The van der Waals surface area contributed by atoms with Gasteiger partial charge in [0.1, 0.15) is 6.10 Å². The minimum atomic E-state index is -0.268. The molecule has 1 fully saturated rings.